The van der Waals surface area contributed by atoms with E-state index >= 15 is 0 Å². The van der Waals surface area contributed by atoms with Crippen LogP contribution in [0.1, 0.15) is 65.7 Å². The SMILES string of the molecule is CC(C)(C)[Si](O[C@@H]1CCCC[C@@]12CCC[C@H]2O)(c1ccccc1)c1ccccc1. The molecule has 2 aromatic carbocycles. The molecule has 0 unspecified atom stereocenters. The van der Waals surface area contributed by atoms with Crippen LogP contribution in [0.3, 0.4) is 0 Å². The molecule has 3 atom stereocenters. The smallest absolute Gasteiger partial charge is 0.261 e. The highest BCUT2D eigenvalue weighted by molar-refractivity contribution is 6.99. The van der Waals surface area contributed by atoms with Gasteiger partial charge in [-0.05, 0) is 41.1 Å². The van der Waals surface area contributed by atoms with Gasteiger partial charge in [-0.3, -0.25) is 0 Å². The van der Waals surface area contributed by atoms with Crippen molar-refractivity contribution in [3.63, 3.8) is 0 Å². The second-order valence-electron chi connectivity index (χ2n) is 10.2. The van der Waals surface area contributed by atoms with E-state index in [1.807, 2.05) is 0 Å². The van der Waals surface area contributed by atoms with Crippen LogP contribution >= 0.6 is 0 Å². The fourth-order valence-corrected chi connectivity index (χ4v) is 10.9. The first-order valence-corrected chi connectivity index (χ1v) is 13.3. The summed E-state index contributed by atoms with van der Waals surface area (Å²) in [5.41, 5.74) is -0.0503. The van der Waals surface area contributed by atoms with Gasteiger partial charge >= 0.3 is 0 Å². The number of aliphatic hydroxyl groups excluding tert-OH is 1. The fraction of sp³-hybridized carbons (Fsp3) is 0.538. The molecule has 0 bridgehead atoms. The summed E-state index contributed by atoms with van der Waals surface area (Å²) in [7, 11) is -2.57. The van der Waals surface area contributed by atoms with Crippen molar-refractivity contribution in [2.24, 2.45) is 5.41 Å². The van der Waals surface area contributed by atoms with Crippen molar-refractivity contribution in [3.8, 4) is 0 Å². The molecule has 2 fully saturated rings. The van der Waals surface area contributed by atoms with E-state index in [9.17, 15) is 5.11 Å². The first kappa shape index (κ1) is 20.8. The Hall–Kier alpha value is -1.42. The molecule has 2 nitrogen and oxygen atoms in total. The minimum atomic E-state index is -2.57. The molecular weight excluding hydrogens is 372 g/mol. The van der Waals surface area contributed by atoms with Gasteiger partial charge < -0.3 is 9.53 Å². The maximum atomic E-state index is 11.1. The molecule has 1 N–H and O–H groups in total. The van der Waals surface area contributed by atoms with Crippen molar-refractivity contribution >= 4 is 18.7 Å². The van der Waals surface area contributed by atoms with Crippen molar-refractivity contribution in [1.82, 2.24) is 0 Å². The Kier molecular flexibility index (Phi) is 5.76. The summed E-state index contributed by atoms with van der Waals surface area (Å²) in [5.74, 6) is 0. The molecule has 2 aliphatic rings. The molecule has 0 radical (unpaired) electrons. The third kappa shape index (κ3) is 3.52. The van der Waals surface area contributed by atoms with E-state index in [1.54, 1.807) is 0 Å². The van der Waals surface area contributed by atoms with E-state index in [4.69, 9.17) is 4.43 Å². The van der Waals surface area contributed by atoms with Gasteiger partial charge in [0.1, 0.15) is 0 Å². The minimum Gasteiger partial charge on any atom is -0.404 e. The molecule has 1 spiro atoms. The molecule has 2 aromatic rings. The van der Waals surface area contributed by atoms with Crippen molar-refractivity contribution in [3.05, 3.63) is 60.7 Å². The molecule has 156 valence electrons. The summed E-state index contributed by atoms with van der Waals surface area (Å²) >= 11 is 0. The topological polar surface area (TPSA) is 29.5 Å². The molecule has 2 aliphatic carbocycles. The van der Waals surface area contributed by atoms with Crippen LogP contribution < -0.4 is 10.4 Å². The van der Waals surface area contributed by atoms with Gasteiger partial charge in [0.2, 0.25) is 0 Å². The van der Waals surface area contributed by atoms with Crippen LogP contribution in [-0.4, -0.2) is 25.6 Å². The van der Waals surface area contributed by atoms with Gasteiger partial charge in [-0.1, -0.05) is 101 Å². The maximum Gasteiger partial charge on any atom is 0.261 e. The van der Waals surface area contributed by atoms with E-state index < -0.39 is 8.32 Å². The highest BCUT2D eigenvalue weighted by atomic mass is 28.4. The van der Waals surface area contributed by atoms with E-state index in [-0.39, 0.29) is 22.7 Å². The lowest BCUT2D eigenvalue weighted by Crippen LogP contribution is -2.69. The van der Waals surface area contributed by atoms with Crippen LogP contribution in [0.2, 0.25) is 5.04 Å². The van der Waals surface area contributed by atoms with Crippen molar-refractivity contribution in [2.45, 2.75) is 83.0 Å². The van der Waals surface area contributed by atoms with Crippen molar-refractivity contribution in [2.75, 3.05) is 0 Å². The van der Waals surface area contributed by atoms with E-state index in [1.165, 1.54) is 23.2 Å². The lowest BCUT2D eigenvalue weighted by molar-refractivity contribution is -0.0681. The molecule has 0 aromatic heterocycles. The van der Waals surface area contributed by atoms with Gasteiger partial charge in [0.15, 0.2) is 0 Å². The van der Waals surface area contributed by atoms with Crippen LogP contribution in [0.25, 0.3) is 0 Å². The second kappa shape index (κ2) is 8.01. The van der Waals surface area contributed by atoms with Crippen molar-refractivity contribution < 1.29 is 9.53 Å². The van der Waals surface area contributed by atoms with Gasteiger partial charge in [-0.25, -0.2) is 0 Å². The van der Waals surface area contributed by atoms with Crippen LogP contribution in [0, 0.1) is 5.41 Å². The number of hydrogen-bond donors (Lipinski definition) is 1. The summed E-state index contributed by atoms with van der Waals surface area (Å²) < 4.78 is 7.50. The Balaban J connectivity index is 1.87. The average molecular weight is 409 g/mol. The Bertz CT molecular complexity index is 759. The summed E-state index contributed by atoms with van der Waals surface area (Å²) in [5, 5.41) is 13.7. The average Bonchev–Trinajstić information content (AvgIpc) is 3.08. The second-order valence-corrected chi connectivity index (χ2v) is 14.4. The van der Waals surface area contributed by atoms with E-state index in [0.717, 1.165) is 32.1 Å². The normalized spacial score (nSPS) is 28.0. The number of hydrogen-bond acceptors (Lipinski definition) is 2. The Morgan fingerprint density at radius 3 is 1.86 bits per heavy atom. The Morgan fingerprint density at radius 2 is 1.38 bits per heavy atom. The predicted octanol–water partition coefficient (Wildman–Crippen LogP) is 5.04. The summed E-state index contributed by atoms with van der Waals surface area (Å²) in [4.78, 5) is 0. The maximum absolute atomic E-state index is 11.1. The van der Waals surface area contributed by atoms with Gasteiger partial charge in [-0.15, -0.1) is 0 Å². The van der Waals surface area contributed by atoms with Crippen LogP contribution in [-0.2, 0) is 4.43 Å². The lowest BCUT2D eigenvalue weighted by atomic mass is 9.69. The predicted molar refractivity (Wildman–Crippen MR) is 123 cm³/mol. The zero-order chi connectivity index (χ0) is 20.5. The fourth-order valence-electron chi connectivity index (χ4n) is 6.06. The van der Waals surface area contributed by atoms with Crippen molar-refractivity contribution in [1.29, 1.82) is 0 Å². The zero-order valence-corrected chi connectivity index (χ0v) is 19.2. The van der Waals surface area contributed by atoms with Gasteiger partial charge in [0, 0.05) is 5.41 Å². The first-order valence-electron chi connectivity index (χ1n) is 11.4. The third-order valence-electron chi connectivity index (χ3n) is 7.52. The quantitative estimate of drug-likeness (QED) is 0.719. The monoisotopic (exact) mass is 408 g/mol. The third-order valence-corrected chi connectivity index (χ3v) is 12.6. The largest absolute Gasteiger partial charge is 0.404 e. The van der Waals surface area contributed by atoms with E-state index in [0.29, 0.717) is 0 Å². The minimum absolute atomic E-state index is 0.0160. The molecule has 29 heavy (non-hydrogen) atoms. The molecule has 2 saturated carbocycles. The standard InChI is InChI=1S/C26H36O2Si/c1-25(2,3)29(21-13-6-4-7-14-21,22-15-8-5-9-16-22)28-24-18-10-11-19-26(24)20-12-17-23(26)27/h4-9,13-16,23-24,27H,10-12,17-20H2,1-3H3/t23-,24-,26+/m1/s1. The van der Waals surface area contributed by atoms with Crippen LogP contribution in [0.5, 0.6) is 0 Å². The summed E-state index contributed by atoms with van der Waals surface area (Å²) in [6.07, 6.45) is 7.69. The number of aliphatic hydroxyl groups is 1. The molecule has 0 heterocycles. The zero-order valence-electron chi connectivity index (χ0n) is 18.2. The van der Waals surface area contributed by atoms with Gasteiger partial charge in [0.25, 0.3) is 8.32 Å². The highest BCUT2D eigenvalue weighted by Gasteiger charge is 2.57. The summed E-state index contributed by atoms with van der Waals surface area (Å²) in [6.45, 7) is 7.04. The van der Waals surface area contributed by atoms with Gasteiger partial charge in [-0.2, -0.15) is 0 Å². The molecule has 4 rings (SSSR count). The lowest BCUT2D eigenvalue weighted by Gasteiger charge is -2.51. The highest BCUT2D eigenvalue weighted by Crippen LogP contribution is 2.52. The first-order chi connectivity index (χ1) is 13.9. The molecule has 3 heteroatoms. The molecular formula is C26H36O2Si. The van der Waals surface area contributed by atoms with Gasteiger partial charge in [0.05, 0.1) is 12.2 Å². The molecule has 0 amide bonds. The Labute approximate surface area is 177 Å². The Morgan fingerprint density at radius 1 is 0.828 bits per heavy atom. The van der Waals surface area contributed by atoms with Crippen LogP contribution in [0.4, 0.5) is 0 Å². The van der Waals surface area contributed by atoms with E-state index in [2.05, 4.69) is 81.4 Å². The molecule has 0 aliphatic heterocycles. The number of rotatable bonds is 4. The summed E-state index contributed by atoms with van der Waals surface area (Å²) in [6, 6.07) is 21.9. The number of benzene rings is 2. The molecule has 0 saturated heterocycles. The van der Waals surface area contributed by atoms with Crippen LogP contribution in [0.15, 0.2) is 60.7 Å².